The first-order valence-corrected chi connectivity index (χ1v) is 9.23. The number of benzene rings is 1. The number of carboxylic acids is 1. The van der Waals surface area contributed by atoms with Gasteiger partial charge in [0.1, 0.15) is 17.0 Å². The molecule has 0 aliphatic heterocycles. The molecule has 0 aliphatic carbocycles. The number of hydrogen-bond acceptors (Lipinski definition) is 6. The molecule has 0 saturated carbocycles. The van der Waals surface area contributed by atoms with Crippen LogP contribution in [0.2, 0.25) is 0 Å². The van der Waals surface area contributed by atoms with E-state index in [0.29, 0.717) is 12.2 Å². The molecule has 0 saturated heterocycles. The van der Waals surface area contributed by atoms with Gasteiger partial charge in [0.15, 0.2) is 0 Å². The normalized spacial score (nSPS) is 12.5. The van der Waals surface area contributed by atoms with E-state index in [2.05, 4.69) is 27.2 Å². The van der Waals surface area contributed by atoms with Gasteiger partial charge in [0, 0.05) is 28.4 Å². The van der Waals surface area contributed by atoms with Gasteiger partial charge < -0.3 is 20.2 Å². The van der Waals surface area contributed by atoms with Crippen LogP contribution < -0.4 is 10.4 Å². The minimum atomic E-state index is -1.16. The summed E-state index contributed by atoms with van der Waals surface area (Å²) in [6.07, 6.45) is 4.50. The number of nitrogens with zero attached hydrogens (tertiary/aromatic N) is 2. The highest BCUT2D eigenvalue weighted by atomic mass is 32.1. The lowest BCUT2D eigenvalue weighted by Crippen LogP contribution is -2.42. The molecular weight excluding hydrogens is 348 g/mol. The Balaban J connectivity index is 1.66. The van der Waals surface area contributed by atoms with Gasteiger partial charge in [-0.15, -0.1) is 11.3 Å². The van der Waals surface area contributed by atoms with Crippen molar-refractivity contribution in [2.45, 2.75) is 25.8 Å². The number of anilines is 1. The monoisotopic (exact) mass is 365 g/mol. The van der Waals surface area contributed by atoms with Crippen molar-refractivity contribution in [1.82, 2.24) is 15.0 Å². The number of para-hydroxylation sites is 1. The maximum Gasteiger partial charge on any atom is 0.138 e. The van der Waals surface area contributed by atoms with Gasteiger partial charge in [0.2, 0.25) is 0 Å². The lowest BCUT2D eigenvalue weighted by Gasteiger charge is -2.20. The minimum Gasteiger partial charge on any atom is -0.548 e. The number of aryl methyl sites for hydroxylation is 1. The largest absolute Gasteiger partial charge is 0.548 e. The van der Waals surface area contributed by atoms with Crippen LogP contribution in [0.15, 0.2) is 42.9 Å². The molecule has 7 heteroatoms. The molecule has 4 aromatic rings. The van der Waals surface area contributed by atoms with Crippen LogP contribution in [0.25, 0.3) is 21.1 Å². The number of H-pyrrole nitrogens is 1. The summed E-state index contributed by atoms with van der Waals surface area (Å²) in [4.78, 5) is 25.5. The number of hydrogen-bond donors (Lipinski definition) is 2. The zero-order valence-electron chi connectivity index (χ0n) is 14.2. The SMILES string of the molecule is CCc1cc2c(N[C@@H](Cc3c[nH]c4ccccc34)C(=O)[O-])ncnc2s1. The standard InChI is InChI=1S/C19H18N4O2S/c1-2-12-8-14-17(21-10-22-18(14)26-12)23-16(19(24)25)7-11-9-20-15-6-4-3-5-13(11)15/h3-6,8-10,16,20H,2,7H2,1H3,(H,24,25)(H,21,22,23)/p-1/t16-/m0/s1. The number of carboxylic acid groups (broad SMARTS) is 1. The third kappa shape index (κ3) is 3.01. The number of aromatic amines is 1. The maximum atomic E-state index is 11.7. The molecule has 0 radical (unpaired) electrons. The molecule has 1 atom stereocenters. The lowest BCUT2D eigenvalue weighted by atomic mass is 10.0. The summed E-state index contributed by atoms with van der Waals surface area (Å²) >= 11 is 1.59. The highest BCUT2D eigenvalue weighted by Gasteiger charge is 2.17. The van der Waals surface area contributed by atoms with Crippen molar-refractivity contribution in [1.29, 1.82) is 0 Å². The van der Waals surface area contributed by atoms with Gasteiger partial charge in [0.05, 0.1) is 17.4 Å². The van der Waals surface area contributed by atoms with Gasteiger partial charge in [-0.2, -0.15) is 0 Å². The first-order chi connectivity index (χ1) is 12.7. The topological polar surface area (TPSA) is 93.7 Å². The lowest BCUT2D eigenvalue weighted by molar-refractivity contribution is -0.306. The molecule has 3 heterocycles. The number of fused-ring (bicyclic) bond motifs is 2. The predicted octanol–water partition coefficient (Wildman–Crippen LogP) is 2.51. The second kappa shape index (κ2) is 6.76. The summed E-state index contributed by atoms with van der Waals surface area (Å²) in [5.41, 5.74) is 1.90. The summed E-state index contributed by atoms with van der Waals surface area (Å²) in [7, 11) is 0. The van der Waals surface area contributed by atoms with Crippen molar-refractivity contribution in [3.63, 3.8) is 0 Å². The highest BCUT2D eigenvalue weighted by Crippen LogP contribution is 2.29. The number of carbonyl (C=O) groups excluding carboxylic acids is 1. The molecule has 0 bridgehead atoms. The molecule has 4 rings (SSSR count). The summed E-state index contributed by atoms with van der Waals surface area (Å²) in [5.74, 6) is -0.632. The fourth-order valence-electron chi connectivity index (χ4n) is 3.07. The minimum absolute atomic E-state index is 0.294. The Hall–Kier alpha value is -2.93. The van der Waals surface area contributed by atoms with Crippen molar-refractivity contribution in [3.05, 3.63) is 53.3 Å². The van der Waals surface area contributed by atoms with E-state index in [-0.39, 0.29) is 0 Å². The summed E-state index contributed by atoms with van der Waals surface area (Å²) in [5, 5.41) is 16.6. The van der Waals surface area contributed by atoms with Crippen LogP contribution >= 0.6 is 11.3 Å². The number of carbonyl (C=O) groups is 1. The fourth-order valence-corrected chi connectivity index (χ4v) is 4.01. The summed E-state index contributed by atoms with van der Waals surface area (Å²) in [6.45, 7) is 2.08. The number of thiophene rings is 1. The van der Waals surface area contributed by atoms with Crippen LogP contribution in [0.3, 0.4) is 0 Å². The fraction of sp³-hybridized carbons (Fsp3) is 0.211. The van der Waals surface area contributed by atoms with Crippen molar-refractivity contribution in [3.8, 4) is 0 Å². The predicted molar refractivity (Wildman–Crippen MR) is 101 cm³/mol. The molecule has 3 aromatic heterocycles. The van der Waals surface area contributed by atoms with E-state index in [0.717, 1.165) is 33.1 Å². The smallest absolute Gasteiger partial charge is 0.138 e. The molecule has 1 aromatic carbocycles. The average molecular weight is 365 g/mol. The van der Waals surface area contributed by atoms with Gasteiger partial charge in [-0.3, -0.25) is 0 Å². The van der Waals surface area contributed by atoms with Crippen LogP contribution in [0.1, 0.15) is 17.4 Å². The van der Waals surface area contributed by atoms with E-state index < -0.39 is 12.0 Å². The second-order valence-corrected chi connectivity index (χ2v) is 7.20. The first kappa shape index (κ1) is 16.5. The van der Waals surface area contributed by atoms with E-state index in [1.165, 1.54) is 11.2 Å². The molecule has 6 nitrogen and oxygen atoms in total. The molecule has 0 aliphatic rings. The van der Waals surface area contributed by atoms with Crippen molar-refractivity contribution in [2.24, 2.45) is 0 Å². The average Bonchev–Trinajstić information content (AvgIpc) is 3.25. The molecule has 0 fully saturated rings. The Morgan fingerprint density at radius 1 is 1.31 bits per heavy atom. The van der Waals surface area contributed by atoms with E-state index >= 15 is 0 Å². The van der Waals surface area contributed by atoms with Gasteiger partial charge in [-0.25, -0.2) is 9.97 Å². The molecule has 0 amide bonds. The molecular formula is C19H17N4O2S-. The number of nitrogens with one attached hydrogen (secondary N) is 2. The zero-order chi connectivity index (χ0) is 18.1. The van der Waals surface area contributed by atoms with Gasteiger partial charge in [-0.05, 0) is 24.1 Å². The molecule has 0 spiro atoms. The van der Waals surface area contributed by atoms with Gasteiger partial charge >= 0.3 is 0 Å². The summed E-state index contributed by atoms with van der Waals surface area (Å²) < 4.78 is 0. The first-order valence-electron chi connectivity index (χ1n) is 8.41. The Labute approximate surface area is 153 Å². The maximum absolute atomic E-state index is 11.7. The number of rotatable bonds is 6. The molecule has 26 heavy (non-hydrogen) atoms. The quantitative estimate of drug-likeness (QED) is 0.548. The number of aromatic nitrogens is 3. The van der Waals surface area contributed by atoms with E-state index in [4.69, 9.17) is 0 Å². The van der Waals surface area contributed by atoms with E-state index in [1.807, 2.05) is 36.5 Å². The second-order valence-electron chi connectivity index (χ2n) is 6.09. The Morgan fingerprint density at radius 2 is 2.15 bits per heavy atom. The Bertz CT molecular complexity index is 1090. The van der Waals surface area contributed by atoms with Crippen molar-refractivity contribution in [2.75, 3.05) is 5.32 Å². The molecule has 0 unspecified atom stereocenters. The van der Waals surface area contributed by atoms with E-state index in [1.54, 1.807) is 11.3 Å². The van der Waals surface area contributed by atoms with Crippen LogP contribution in [0, 0.1) is 0 Å². The van der Waals surface area contributed by atoms with Crippen LogP contribution in [-0.4, -0.2) is 27.0 Å². The number of aliphatic carboxylic acids is 1. The third-order valence-electron chi connectivity index (χ3n) is 4.42. The van der Waals surface area contributed by atoms with Crippen LogP contribution in [0.5, 0.6) is 0 Å². The van der Waals surface area contributed by atoms with Gasteiger partial charge in [0.25, 0.3) is 0 Å². The van der Waals surface area contributed by atoms with Gasteiger partial charge in [-0.1, -0.05) is 25.1 Å². The summed E-state index contributed by atoms with van der Waals surface area (Å²) in [6, 6.07) is 8.94. The van der Waals surface area contributed by atoms with Crippen molar-refractivity contribution >= 4 is 44.2 Å². The zero-order valence-corrected chi connectivity index (χ0v) is 15.0. The Kier molecular flexibility index (Phi) is 4.30. The van der Waals surface area contributed by atoms with Crippen LogP contribution in [-0.2, 0) is 17.6 Å². The highest BCUT2D eigenvalue weighted by molar-refractivity contribution is 7.18. The van der Waals surface area contributed by atoms with E-state index in [9.17, 15) is 9.90 Å². The third-order valence-corrected chi connectivity index (χ3v) is 5.61. The van der Waals surface area contributed by atoms with Crippen molar-refractivity contribution < 1.29 is 9.90 Å². The molecule has 2 N–H and O–H groups in total. The van der Waals surface area contributed by atoms with Crippen LogP contribution in [0.4, 0.5) is 5.82 Å². The Morgan fingerprint density at radius 3 is 2.96 bits per heavy atom. The molecule has 132 valence electrons.